The van der Waals surface area contributed by atoms with Crippen molar-refractivity contribution >= 4 is 5.97 Å². The summed E-state index contributed by atoms with van der Waals surface area (Å²) in [6, 6.07) is 5.59. The molecule has 0 spiro atoms. The molecule has 1 aromatic carbocycles. The highest BCUT2D eigenvalue weighted by Gasteiger charge is 2.23. The number of carboxylic acids is 1. The van der Waals surface area contributed by atoms with Crippen molar-refractivity contribution in [2.75, 3.05) is 6.61 Å². The quantitative estimate of drug-likeness (QED) is 0.885. The van der Waals surface area contributed by atoms with E-state index in [-0.39, 0.29) is 5.69 Å². The zero-order valence-electron chi connectivity index (χ0n) is 12.1. The molecular weight excluding hydrogens is 268 g/mol. The average molecular weight is 286 g/mol. The number of nitrogens with one attached hydrogen (secondary N) is 1. The molecule has 1 aliphatic carbocycles. The van der Waals surface area contributed by atoms with Crippen LogP contribution in [0.2, 0.25) is 0 Å². The van der Waals surface area contributed by atoms with Gasteiger partial charge in [-0.3, -0.25) is 5.10 Å². The number of hydrogen-bond acceptors (Lipinski definition) is 3. The summed E-state index contributed by atoms with van der Waals surface area (Å²) in [6.45, 7) is 4.72. The molecule has 1 saturated carbocycles. The molecule has 5 nitrogen and oxygen atoms in total. The van der Waals surface area contributed by atoms with E-state index in [1.807, 2.05) is 19.9 Å². The molecule has 1 aliphatic rings. The molecule has 3 rings (SSSR count). The second kappa shape index (κ2) is 5.24. The van der Waals surface area contributed by atoms with Crippen LogP contribution < -0.4 is 4.74 Å². The predicted octanol–water partition coefficient (Wildman–Crippen LogP) is 3.18. The van der Waals surface area contributed by atoms with Crippen LogP contribution >= 0.6 is 0 Å². The van der Waals surface area contributed by atoms with E-state index in [1.165, 1.54) is 12.8 Å². The zero-order valence-corrected chi connectivity index (χ0v) is 12.1. The fourth-order valence-electron chi connectivity index (χ4n) is 2.39. The number of aromatic amines is 1. The maximum absolute atomic E-state index is 11.0. The SMILES string of the molecule is Cc1cc(C)c(OCC2CC2)c(-c2cc(C(=O)O)[nH]n2)c1. The van der Waals surface area contributed by atoms with Crippen molar-refractivity contribution in [3.8, 4) is 17.0 Å². The molecule has 0 atom stereocenters. The smallest absolute Gasteiger partial charge is 0.353 e. The van der Waals surface area contributed by atoms with E-state index >= 15 is 0 Å². The number of aromatic nitrogens is 2. The summed E-state index contributed by atoms with van der Waals surface area (Å²) in [5.74, 6) is 0.446. The van der Waals surface area contributed by atoms with Crippen LogP contribution in [0.5, 0.6) is 5.75 Å². The molecule has 110 valence electrons. The summed E-state index contributed by atoms with van der Waals surface area (Å²) in [4.78, 5) is 11.0. The maximum Gasteiger partial charge on any atom is 0.353 e. The topological polar surface area (TPSA) is 75.2 Å². The molecule has 0 amide bonds. The van der Waals surface area contributed by atoms with Crippen molar-refractivity contribution in [1.82, 2.24) is 10.2 Å². The first kappa shape index (κ1) is 13.7. The predicted molar refractivity (Wildman–Crippen MR) is 78.7 cm³/mol. The number of rotatable bonds is 5. The number of carboxylic acid groups (broad SMARTS) is 1. The van der Waals surface area contributed by atoms with E-state index < -0.39 is 5.97 Å². The second-order valence-corrected chi connectivity index (χ2v) is 5.68. The van der Waals surface area contributed by atoms with E-state index in [1.54, 1.807) is 6.07 Å². The molecule has 0 radical (unpaired) electrons. The number of ether oxygens (including phenoxy) is 1. The first-order valence-electron chi connectivity index (χ1n) is 7.07. The monoisotopic (exact) mass is 286 g/mol. The van der Waals surface area contributed by atoms with E-state index in [0.29, 0.717) is 18.2 Å². The van der Waals surface area contributed by atoms with Gasteiger partial charge in [0, 0.05) is 5.56 Å². The molecule has 0 unspecified atom stereocenters. The molecule has 0 saturated heterocycles. The number of aryl methyl sites for hydroxylation is 2. The number of aromatic carboxylic acids is 1. The van der Waals surface area contributed by atoms with Crippen LogP contribution in [0.1, 0.15) is 34.5 Å². The van der Waals surface area contributed by atoms with Gasteiger partial charge in [0.25, 0.3) is 0 Å². The standard InChI is InChI=1S/C16H18N2O3/c1-9-5-10(2)15(21-8-11-3-4-11)12(6-9)13-7-14(16(19)20)18-17-13/h5-7,11H,3-4,8H2,1-2H3,(H,17,18)(H,19,20). The lowest BCUT2D eigenvalue weighted by atomic mass is 10.0. The third kappa shape index (κ3) is 2.91. The molecular formula is C16H18N2O3. The Bertz CT molecular complexity index is 687. The van der Waals surface area contributed by atoms with Gasteiger partial charge in [-0.1, -0.05) is 6.07 Å². The van der Waals surface area contributed by atoms with Crippen molar-refractivity contribution in [2.45, 2.75) is 26.7 Å². The minimum Gasteiger partial charge on any atom is -0.492 e. The lowest BCUT2D eigenvalue weighted by Crippen LogP contribution is -2.02. The Morgan fingerprint density at radius 3 is 2.76 bits per heavy atom. The fraction of sp³-hybridized carbons (Fsp3) is 0.375. The molecule has 0 bridgehead atoms. The molecule has 1 fully saturated rings. The summed E-state index contributed by atoms with van der Waals surface area (Å²) < 4.78 is 5.97. The summed E-state index contributed by atoms with van der Waals surface area (Å²) in [5.41, 5.74) is 3.67. The summed E-state index contributed by atoms with van der Waals surface area (Å²) in [7, 11) is 0. The van der Waals surface area contributed by atoms with Crippen LogP contribution in [0.15, 0.2) is 18.2 Å². The highest BCUT2D eigenvalue weighted by molar-refractivity contribution is 5.87. The van der Waals surface area contributed by atoms with Crippen LogP contribution in [-0.4, -0.2) is 27.9 Å². The average Bonchev–Trinajstić information content (AvgIpc) is 3.11. The fourth-order valence-corrected chi connectivity index (χ4v) is 2.39. The van der Waals surface area contributed by atoms with Crippen LogP contribution in [-0.2, 0) is 0 Å². The van der Waals surface area contributed by atoms with E-state index in [9.17, 15) is 4.79 Å². The minimum absolute atomic E-state index is 0.0808. The number of nitrogens with zero attached hydrogens (tertiary/aromatic N) is 1. The van der Waals surface area contributed by atoms with E-state index in [2.05, 4.69) is 16.3 Å². The van der Waals surface area contributed by atoms with Crippen molar-refractivity contribution in [1.29, 1.82) is 0 Å². The first-order valence-corrected chi connectivity index (χ1v) is 7.07. The van der Waals surface area contributed by atoms with Crippen LogP contribution in [0.4, 0.5) is 0 Å². The molecule has 0 aliphatic heterocycles. The van der Waals surface area contributed by atoms with Gasteiger partial charge in [-0.05, 0) is 55.9 Å². The number of benzene rings is 1. The molecule has 2 aromatic rings. The van der Waals surface area contributed by atoms with Gasteiger partial charge in [-0.25, -0.2) is 4.79 Å². The largest absolute Gasteiger partial charge is 0.492 e. The van der Waals surface area contributed by atoms with Gasteiger partial charge >= 0.3 is 5.97 Å². The first-order chi connectivity index (χ1) is 10.0. The van der Waals surface area contributed by atoms with Crippen molar-refractivity contribution in [3.05, 3.63) is 35.0 Å². The zero-order chi connectivity index (χ0) is 15.0. The number of carbonyl (C=O) groups is 1. The normalized spacial score (nSPS) is 14.2. The van der Waals surface area contributed by atoms with Gasteiger partial charge in [0.15, 0.2) is 0 Å². The number of hydrogen-bond donors (Lipinski definition) is 2. The molecule has 5 heteroatoms. The molecule has 1 aromatic heterocycles. The van der Waals surface area contributed by atoms with Gasteiger partial charge in [0.05, 0.1) is 12.3 Å². The van der Waals surface area contributed by atoms with Crippen molar-refractivity contribution in [3.63, 3.8) is 0 Å². The number of H-pyrrole nitrogens is 1. The van der Waals surface area contributed by atoms with Crippen LogP contribution in [0.25, 0.3) is 11.3 Å². The van der Waals surface area contributed by atoms with Crippen molar-refractivity contribution < 1.29 is 14.6 Å². The Morgan fingerprint density at radius 1 is 1.38 bits per heavy atom. The summed E-state index contributed by atoms with van der Waals surface area (Å²) in [5, 5.41) is 15.7. The summed E-state index contributed by atoms with van der Waals surface area (Å²) in [6.07, 6.45) is 2.46. The third-order valence-electron chi connectivity index (χ3n) is 3.66. The lowest BCUT2D eigenvalue weighted by molar-refractivity contribution is 0.0690. The minimum atomic E-state index is -1.02. The van der Waals surface area contributed by atoms with Gasteiger partial charge in [0.1, 0.15) is 11.4 Å². The van der Waals surface area contributed by atoms with Crippen LogP contribution in [0, 0.1) is 19.8 Å². The Hall–Kier alpha value is -2.30. The van der Waals surface area contributed by atoms with Crippen molar-refractivity contribution in [2.24, 2.45) is 5.92 Å². The van der Waals surface area contributed by atoms with Gasteiger partial charge < -0.3 is 9.84 Å². The third-order valence-corrected chi connectivity index (χ3v) is 3.66. The Kier molecular flexibility index (Phi) is 3.41. The maximum atomic E-state index is 11.0. The Morgan fingerprint density at radius 2 is 2.14 bits per heavy atom. The van der Waals surface area contributed by atoms with E-state index in [4.69, 9.17) is 9.84 Å². The lowest BCUT2D eigenvalue weighted by Gasteiger charge is -2.14. The van der Waals surface area contributed by atoms with Gasteiger partial charge in [-0.2, -0.15) is 5.10 Å². The van der Waals surface area contributed by atoms with Gasteiger partial charge in [-0.15, -0.1) is 0 Å². The Labute approximate surface area is 123 Å². The van der Waals surface area contributed by atoms with Gasteiger partial charge in [0.2, 0.25) is 0 Å². The highest BCUT2D eigenvalue weighted by Crippen LogP contribution is 2.36. The van der Waals surface area contributed by atoms with Crippen LogP contribution in [0.3, 0.4) is 0 Å². The Balaban J connectivity index is 1.99. The summed E-state index contributed by atoms with van der Waals surface area (Å²) >= 11 is 0. The van der Waals surface area contributed by atoms with E-state index in [0.717, 1.165) is 22.4 Å². The molecule has 2 N–H and O–H groups in total. The second-order valence-electron chi connectivity index (χ2n) is 5.68. The molecule has 1 heterocycles. The highest BCUT2D eigenvalue weighted by atomic mass is 16.5. The molecule has 21 heavy (non-hydrogen) atoms.